The van der Waals surface area contributed by atoms with Gasteiger partial charge in [-0.25, -0.2) is 10.5 Å². The Kier molecular flexibility index (Phi) is 8.19. The van der Waals surface area contributed by atoms with Crippen LogP contribution in [0.4, 0.5) is 5.69 Å². The fourth-order valence-corrected chi connectivity index (χ4v) is 5.13. The average molecular weight is 545 g/mol. The van der Waals surface area contributed by atoms with Gasteiger partial charge in [-0.05, 0) is 29.3 Å². The van der Waals surface area contributed by atoms with E-state index >= 15 is 0 Å². The van der Waals surface area contributed by atoms with Crippen molar-refractivity contribution in [3.8, 4) is 0 Å². The first-order chi connectivity index (χ1) is 17.4. The Labute approximate surface area is 213 Å². The molecule has 0 fully saturated rings. The third kappa shape index (κ3) is 6.86. The fraction of sp³-hybridized carbons (Fsp3) is 0. The highest BCUT2D eigenvalue weighted by Gasteiger charge is 2.26. The summed E-state index contributed by atoms with van der Waals surface area (Å²) in [7, 11) is -9.64. The van der Waals surface area contributed by atoms with Crippen LogP contribution in [-0.2, 0) is 20.2 Å². The summed E-state index contributed by atoms with van der Waals surface area (Å²) in [6, 6.07) is 21.8. The van der Waals surface area contributed by atoms with E-state index in [0.29, 0.717) is 5.82 Å². The van der Waals surface area contributed by atoms with Gasteiger partial charge in [-0.2, -0.15) is 16.8 Å². The maximum atomic E-state index is 11.5. The van der Waals surface area contributed by atoms with Crippen LogP contribution < -0.4 is 27.7 Å². The molecule has 0 atom stereocenters. The molecule has 1 aliphatic rings. The van der Waals surface area contributed by atoms with Gasteiger partial charge in [0.2, 0.25) is 0 Å². The number of hydrogen-bond acceptors (Lipinski definition) is 10. The highest BCUT2D eigenvalue weighted by molar-refractivity contribution is 7.89. The topological polar surface area (TPSA) is 214 Å². The Balaban J connectivity index is 0.000000220. The molecule has 0 spiro atoms. The first-order valence-electron chi connectivity index (χ1n) is 10.4. The maximum Gasteiger partial charge on any atom is 0.296 e. The Bertz CT molecular complexity index is 1570. The zero-order valence-corrected chi connectivity index (χ0v) is 20.8. The minimum absolute atomic E-state index is 0.0542. The van der Waals surface area contributed by atoms with Crippen molar-refractivity contribution >= 4 is 43.9 Å². The minimum atomic E-state index is -4.84. The van der Waals surface area contributed by atoms with Gasteiger partial charge in [-0.1, -0.05) is 72.8 Å². The molecule has 1 heterocycles. The van der Waals surface area contributed by atoms with Crippen LogP contribution in [0.2, 0.25) is 0 Å². The van der Waals surface area contributed by atoms with Crippen molar-refractivity contribution in [3.05, 3.63) is 102 Å². The standard InChI is InChI=1S/C14H12O6S2.C9H12N6/c15-21(16,17)13-8-4-7-12(14(13)22(18,19)20)10-9-11-5-2-1-3-6-11;10-7-8(11)13-14-15(9(7)12)6-4-2-1-3-5-6/h1-10H,(H,15,16,17)(H,18,19,20);1-5,14H,10,12H2,(H2,11,13). The summed E-state index contributed by atoms with van der Waals surface area (Å²) in [4.78, 5) is -1.73. The van der Waals surface area contributed by atoms with Crippen molar-refractivity contribution < 1.29 is 25.9 Å². The summed E-state index contributed by atoms with van der Waals surface area (Å²) in [5.41, 5.74) is 21.5. The monoisotopic (exact) mass is 544 g/mol. The molecule has 9 N–H and O–H groups in total. The van der Waals surface area contributed by atoms with Gasteiger partial charge in [0.05, 0.1) is 5.69 Å². The number of nitrogens with zero attached hydrogens (tertiary/aromatic N) is 2. The van der Waals surface area contributed by atoms with Gasteiger partial charge in [-0.3, -0.25) is 9.11 Å². The number of rotatable bonds is 5. The van der Waals surface area contributed by atoms with Gasteiger partial charge < -0.3 is 17.2 Å². The lowest BCUT2D eigenvalue weighted by Crippen LogP contribution is -2.46. The molecule has 3 aromatic carbocycles. The number of nitrogens with one attached hydrogen (secondary N) is 1. The molecule has 1 aliphatic heterocycles. The zero-order chi connectivity index (χ0) is 27.2. The van der Waals surface area contributed by atoms with Gasteiger partial charge >= 0.3 is 0 Å². The molecule has 0 saturated carbocycles. The smallest absolute Gasteiger partial charge is 0.296 e. The lowest BCUT2D eigenvalue weighted by Gasteiger charge is -2.27. The molecule has 37 heavy (non-hydrogen) atoms. The molecule has 0 radical (unpaired) electrons. The second-order valence-electron chi connectivity index (χ2n) is 7.44. The molecule has 14 heteroatoms. The summed E-state index contributed by atoms with van der Waals surface area (Å²) < 4.78 is 63.9. The predicted octanol–water partition coefficient (Wildman–Crippen LogP) is 1.72. The van der Waals surface area contributed by atoms with Crippen LogP contribution in [0.15, 0.2) is 105 Å². The number of hydrazine groups is 1. The SMILES string of the molecule is NC1=NNN(c2ccccc2)C(N)=C1N.O=S(=O)(O)c1cccc(C=Cc2ccccc2)c1S(=O)(=O)O. The number of nitrogens with two attached hydrogens (primary N) is 3. The van der Waals surface area contributed by atoms with Crippen molar-refractivity contribution in [1.82, 2.24) is 5.53 Å². The van der Waals surface area contributed by atoms with Crippen molar-refractivity contribution in [2.75, 3.05) is 5.01 Å². The lowest BCUT2D eigenvalue weighted by molar-refractivity contribution is 0.466. The Morgan fingerprint density at radius 3 is 1.92 bits per heavy atom. The second-order valence-corrected chi connectivity index (χ2v) is 10.2. The van der Waals surface area contributed by atoms with Crippen molar-refractivity contribution in [3.63, 3.8) is 0 Å². The van der Waals surface area contributed by atoms with Gasteiger partial charge in [-0.15, -0.1) is 5.10 Å². The highest BCUT2D eigenvalue weighted by atomic mass is 32.2. The third-order valence-corrected chi connectivity index (χ3v) is 6.87. The summed E-state index contributed by atoms with van der Waals surface area (Å²) in [5.74, 6) is 0.536. The Hall–Kier alpha value is -4.37. The van der Waals surface area contributed by atoms with Crippen LogP contribution in [0.3, 0.4) is 0 Å². The van der Waals surface area contributed by atoms with Gasteiger partial charge in [0.15, 0.2) is 11.7 Å². The third-order valence-electron chi connectivity index (χ3n) is 4.88. The fourth-order valence-electron chi connectivity index (χ4n) is 3.14. The summed E-state index contributed by atoms with van der Waals surface area (Å²) in [5, 5.41) is 5.39. The molecule has 0 amide bonds. The van der Waals surface area contributed by atoms with E-state index in [0.717, 1.165) is 17.3 Å². The number of hydrazone groups is 1. The first-order valence-corrected chi connectivity index (χ1v) is 13.3. The molecule has 0 unspecified atom stereocenters. The number of amidine groups is 1. The molecule has 0 aromatic heterocycles. The van der Waals surface area contributed by atoms with Crippen LogP contribution in [0.5, 0.6) is 0 Å². The normalized spacial score (nSPS) is 14.0. The Morgan fingerprint density at radius 2 is 1.35 bits per heavy atom. The van der Waals surface area contributed by atoms with E-state index in [4.69, 9.17) is 21.8 Å². The van der Waals surface area contributed by atoms with Crippen LogP contribution in [0.1, 0.15) is 11.1 Å². The summed E-state index contributed by atoms with van der Waals surface area (Å²) in [6.07, 6.45) is 2.89. The second kappa shape index (κ2) is 11.1. The number of anilines is 1. The summed E-state index contributed by atoms with van der Waals surface area (Å²) >= 11 is 0. The van der Waals surface area contributed by atoms with Crippen molar-refractivity contribution in [2.45, 2.75) is 9.79 Å². The molecule has 194 valence electrons. The highest BCUT2D eigenvalue weighted by Crippen LogP contribution is 2.26. The van der Waals surface area contributed by atoms with Gasteiger partial charge in [0.1, 0.15) is 15.5 Å². The number of para-hydroxylation sites is 1. The molecule has 0 saturated heterocycles. The minimum Gasteiger partial charge on any atom is -0.393 e. The molecular weight excluding hydrogens is 520 g/mol. The van der Waals surface area contributed by atoms with Gasteiger partial charge in [0, 0.05) is 0 Å². The van der Waals surface area contributed by atoms with E-state index in [1.165, 1.54) is 18.2 Å². The van der Waals surface area contributed by atoms with E-state index in [-0.39, 0.29) is 17.1 Å². The predicted molar refractivity (Wildman–Crippen MR) is 141 cm³/mol. The van der Waals surface area contributed by atoms with Crippen LogP contribution in [0, 0.1) is 0 Å². The number of hydrogen-bond donors (Lipinski definition) is 6. The molecule has 12 nitrogen and oxygen atoms in total. The van der Waals surface area contributed by atoms with Crippen molar-refractivity contribution in [1.29, 1.82) is 0 Å². The summed E-state index contributed by atoms with van der Waals surface area (Å²) in [6.45, 7) is 0. The average Bonchev–Trinajstić information content (AvgIpc) is 2.86. The molecule has 0 aliphatic carbocycles. The van der Waals surface area contributed by atoms with E-state index in [2.05, 4.69) is 10.6 Å². The van der Waals surface area contributed by atoms with Crippen LogP contribution in [0.25, 0.3) is 12.2 Å². The van der Waals surface area contributed by atoms with Crippen LogP contribution >= 0.6 is 0 Å². The number of benzene rings is 3. The lowest BCUT2D eigenvalue weighted by atomic mass is 10.1. The maximum absolute atomic E-state index is 11.5. The quantitative estimate of drug-likeness (QED) is 0.201. The van der Waals surface area contributed by atoms with E-state index < -0.39 is 30.0 Å². The molecule has 3 aromatic rings. The molecule has 0 bridgehead atoms. The zero-order valence-electron chi connectivity index (χ0n) is 19.1. The van der Waals surface area contributed by atoms with Crippen LogP contribution in [-0.4, -0.2) is 31.8 Å². The van der Waals surface area contributed by atoms with E-state index in [9.17, 15) is 21.4 Å². The van der Waals surface area contributed by atoms with Gasteiger partial charge in [0.25, 0.3) is 20.2 Å². The van der Waals surface area contributed by atoms with E-state index in [1.807, 2.05) is 30.3 Å². The molecule has 4 rings (SSSR count). The largest absolute Gasteiger partial charge is 0.393 e. The Morgan fingerprint density at radius 1 is 0.757 bits per heavy atom. The van der Waals surface area contributed by atoms with Crippen molar-refractivity contribution in [2.24, 2.45) is 22.3 Å². The first kappa shape index (κ1) is 27.2. The van der Waals surface area contributed by atoms with E-state index in [1.54, 1.807) is 41.4 Å². The molecular formula is C23H24N6O6S2.